The minimum Gasteiger partial charge on any atom is -0.310 e. The fraction of sp³-hybridized carbons (Fsp3) is 0.308. The summed E-state index contributed by atoms with van der Waals surface area (Å²) in [6, 6.07) is 6.26. The van der Waals surface area contributed by atoms with Gasteiger partial charge in [0, 0.05) is 36.7 Å². The van der Waals surface area contributed by atoms with Crippen LogP contribution in [0.3, 0.4) is 0 Å². The topological polar surface area (TPSA) is 50.7 Å². The van der Waals surface area contributed by atoms with Crippen LogP contribution in [0.4, 0.5) is 0 Å². The Labute approximate surface area is 111 Å². The van der Waals surface area contributed by atoms with Gasteiger partial charge in [0.15, 0.2) is 5.16 Å². The summed E-state index contributed by atoms with van der Waals surface area (Å²) in [4.78, 5) is 12.9. The lowest BCUT2D eigenvalue weighted by Crippen LogP contribution is -2.21. The van der Waals surface area contributed by atoms with Crippen molar-refractivity contribution < 1.29 is 0 Å². The van der Waals surface area contributed by atoms with E-state index in [2.05, 4.69) is 34.1 Å². The van der Waals surface area contributed by atoms with Crippen molar-refractivity contribution in [2.75, 3.05) is 0 Å². The predicted molar refractivity (Wildman–Crippen MR) is 72.4 cm³/mol. The SMILES string of the molecule is CC(C)NCc1cnc(Sc2ccccn2)nc1. The van der Waals surface area contributed by atoms with Gasteiger partial charge in [0.1, 0.15) is 5.03 Å². The number of rotatable bonds is 5. The summed E-state index contributed by atoms with van der Waals surface area (Å²) in [7, 11) is 0. The second kappa shape index (κ2) is 6.47. The molecule has 2 aromatic heterocycles. The second-order valence-electron chi connectivity index (χ2n) is 4.18. The molecule has 0 bridgehead atoms. The molecule has 0 atom stereocenters. The van der Waals surface area contributed by atoms with Gasteiger partial charge in [-0.25, -0.2) is 15.0 Å². The van der Waals surface area contributed by atoms with E-state index in [1.165, 1.54) is 11.8 Å². The number of pyridine rings is 1. The molecule has 0 unspecified atom stereocenters. The van der Waals surface area contributed by atoms with Crippen molar-refractivity contribution in [1.29, 1.82) is 0 Å². The average Bonchev–Trinajstić information content (AvgIpc) is 2.39. The first-order valence-corrected chi connectivity index (χ1v) is 6.69. The van der Waals surface area contributed by atoms with Crippen LogP contribution in [0, 0.1) is 0 Å². The summed E-state index contributed by atoms with van der Waals surface area (Å²) < 4.78 is 0. The molecule has 0 aliphatic heterocycles. The van der Waals surface area contributed by atoms with E-state index in [9.17, 15) is 0 Å². The average molecular weight is 260 g/mol. The zero-order valence-corrected chi connectivity index (χ0v) is 11.3. The smallest absolute Gasteiger partial charge is 0.193 e. The van der Waals surface area contributed by atoms with Crippen LogP contribution >= 0.6 is 11.8 Å². The molecule has 2 aromatic rings. The largest absolute Gasteiger partial charge is 0.310 e. The summed E-state index contributed by atoms with van der Waals surface area (Å²) in [5, 5.41) is 4.96. The molecule has 0 saturated carbocycles. The highest BCUT2D eigenvalue weighted by molar-refractivity contribution is 7.99. The monoisotopic (exact) mass is 260 g/mol. The van der Waals surface area contributed by atoms with Crippen LogP contribution in [-0.2, 0) is 6.54 Å². The molecule has 0 saturated heterocycles. The lowest BCUT2D eigenvalue weighted by molar-refractivity contribution is 0.585. The number of hydrogen-bond donors (Lipinski definition) is 1. The summed E-state index contributed by atoms with van der Waals surface area (Å²) >= 11 is 1.47. The summed E-state index contributed by atoms with van der Waals surface area (Å²) in [6.07, 6.45) is 5.48. The van der Waals surface area contributed by atoms with Crippen molar-refractivity contribution in [3.05, 3.63) is 42.4 Å². The molecule has 0 fully saturated rings. The van der Waals surface area contributed by atoms with Crippen molar-refractivity contribution in [2.24, 2.45) is 0 Å². The fourth-order valence-corrected chi connectivity index (χ4v) is 1.97. The van der Waals surface area contributed by atoms with E-state index in [1.54, 1.807) is 6.20 Å². The van der Waals surface area contributed by atoms with Crippen LogP contribution in [0.25, 0.3) is 0 Å². The normalized spacial score (nSPS) is 10.8. The zero-order valence-electron chi connectivity index (χ0n) is 10.5. The van der Waals surface area contributed by atoms with Crippen LogP contribution in [0.1, 0.15) is 19.4 Å². The lowest BCUT2D eigenvalue weighted by Gasteiger charge is -2.07. The Balaban J connectivity index is 1.95. The van der Waals surface area contributed by atoms with Crippen molar-refractivity contribution in [3.8, 4) is 0 Å². The van der Waals surface area contributed by atoms with E-state index in [4.69, 9.17) is 0 Å². The Bertz CT molecular complexity index is 470. The number of nitrogens with one attached hydrogen (secondary N) is 1. The molecule has 18 heavy (non-hydrogen) atoms. The third kappa shape index (κ3) is 4.09. The molecule has 0 aliphatic carbocycles. The zero-order chi connectivity index (χ0) is 12.8. The van der Waals surface area contributed by atoms with Gasteiger partial charge in [0.25, 0.3) is 0 Å². The third-order valence-corrected chi connectivity index (χ3v) is 3.07. The van der Waals surface area contributed by atoms with Crippen LogP contribution in [0.2, 0.25) is 0 Å². The van der Waals surface area contributed by atoms with Crippen LogP contribution in [0.15, 0.2) is 47.0 Å². The molecular weight excluding hydrogens is 244 g/mol. The Morgan fingerprint density at radius 1 is 1.17 bits per heavy atom. The molecule has 0 radical (unpaired) electrons. The van der Waals surface area contributed by atoms with Gasteiger partial charge in [0.05, 0.1) is 0 Å². The first-order chi connectivity index (χ1) is 8.74. The Kier molecular flexibility index (Phi) is 4.66. The Morgan fingerprint density at radius 2 is 1.94 bits per heavy atom. The number of nitrogens with zero attached hydrogens (tertiary/aromatic N) is 3. The number of aromatic nitrogens is 3. The molecule has 0 aliphatic rings. The molecule has 5 heteroatoms. The molecule has 4 nitrogen and oxygen atoms in total. The van der Waals surface area contributed by atoms with E-state index < -0.39 is 0 Å². The summed E-state index contributed by atoms with van der Waals surface area (Å²) in [5.74, 6) is 0. The van der Waals surface area contributed by atoms with E-state index in [0.29, 0.717) is 6.04 Å². The van der Waals surface area contributed by atoms with Gasteiger partial charge >= 0.3 is 0 Å². The summed E-state index contributed by atoms with van der Waals surface area (Å²) in [5.41, 5.74) is 1.09. The minimum atomic E-state index is 0.465. The van der Waals surface area contributed by atoms with Gasteiger partial charge < -0.3 is 5.32 Å². The Hall–Kier alpha value is -1.46. The van der Waals surface area contributed by atoms with Gasteiger partial charge in [-0.2, -0.15) is 0 Å². The first kappa shape index (κ1) is 13.0. The van der Waals surface area contributed by atoms with E-state index in [0.717, 1.165) is 22.3 Å². The van der Waals surface area contributed by atoms with Gasteiger partial charge in [0.2, 0.25) is 0 Å². The van der Waals surface area contributed by atoms with E-state index in [1.807, 2.05) is 30.6 Å². The minimum absolute atomic E-state index is 0.465. The fourth-order valence-electron chi connectivity index (χ4n) is 1.31. The van der Waals surface area contributed by atoms with Crippen molar-refractivity contribution in [3.63, 3.8) is 0 Å². The number of hydrogen-bond acceptors (Lipinski definition) is 5. The molecule has 2 rings (SSSR count). The van der Waals surface area contributed by atoms with Crippen LogP contribution < -0.4 is 5.32 Å². The standard InChI is InChI=1S/C13H16N4S/c1-10(2)15-7-11-8-16-13(17-9-11)18-12-5-3-4-6-14-12/h3-6,8-10,15H,7H2,1-2H3. The molecule has 94 valence electrons. The highest BCUT2D eigenvalue weighted by Gasteiger charge is 2.02. The maximum atomic E-state index is 4.32. The quantitative estimate of drug-likeness (QED) is 0.837. The third-order valence-electron chi connectivity index (χ3n) is 2.23. The van der Waals surface area contributed by atoms with Gasteiger partial charge in [-0.3, -0.25) is 0 Å². The predicted octanol–water partition coefficient (Wildman–Crippen LogP) is 2.52. The van der Waals surface area contributed by atoms with Crippen molar-refractivity contribution in [1.82, 2.24) is 20.3 Å². The van der Waals surface area contributed by atoms with E-state index in [-0.39, 0.29) is 0 Å². The first-order valence-electron chi connectivity index (χ1n) is 5.87. The van der Waals surface area contributed by atoms with Crippen molar-refractivity contribution in [2.45, 2.75) is 36.6 Å². The van der Waals surface area contributed by atoms with Crippen LogP contribution in [0.5, 0.6) is 0 Å². The van der Waals surface area contributed by atoms with Gasteiger partial charge in [-0.15, -0.1) is 0 Å². The van der Waals surface area contributed by atoms with Crippen molar-refractivity contribution >= 4 is 11.8 Å². The molecule has 1 N–H and O–H groups in total. The molecule has 2 heterocycles. The Morgan fingerprint density at radius 3 is 2.56 bits per heavy atom. The maximum Gasteiger partial charge on any atom is 0.193 e. The second-order valence-corrected chi connectivity index (χ2v) is 5.17. The lowest BCUT2D eigenvalue weighted by atomic mass is 10.3. The molecule has 0 spiro atoms. The molecule has 0 amide bonds. The highest BCUT2D eigenvalue weighted by Crippen LogP contribution is 2.21. The maximum absolute atomic E-state index is 4.32. The highest BCUT2D eigenvalue weighted by atomic mass is 32.2. The van der Waals surface area contributed by atoms with E-state index >= 15 is 0 Å². The molecular formula is C13H16N4S. The van der Waals surface area contributed by atoms with Gasteiger partial charge in [-0.05, 0) is 23.9 Å². The van der Waals surface area contributed by atoms with Crippen LogP contribution in [-0.4, -0.2) is 21.0 Å². The molecule has 0 aromatic carbocycles. The summed E-state index contributed by atoms with van der Waals surface area (Å²) in [6.45, 7) is 5.03. The van der Waals surface area contributed by atoms with Gasteiger partial charge in [-0.1, -0.05) is 19.9 Å².